The highest BCUT2D eigenvalue weighted by Gasteiger charge is 2.30. The molecule has 3 amide bonds. The molecule has 0 aliphatic heterocycles. The van der Waals surface area contributed by atoms with Gasteiger partial charge in [-0.3, -0.25) is 24.4 Å². The van der Waals surface area contributed by atoms with E-state index in [-0.39, 0.29) is 49.4 Å². The fourth-order valence-electron chi connectivity index (χ4n) is 3.13. The molecule has 4 atom stereocenters. The summed E-state index contributed by atoms with van der Waals surface area (Å²) in [7, 11) is 0. The quantitative estimate of drug-likeness (QED) is 0.0358. The number of hydrogen-bond donors (Lipinski definition) is 10. The van der Waals surface area contributed by atoms with Crippen LogP contribution in [0.15, 0.2) is 9.98 Å². The lowest BCUT2D eigenvalue weighted by molar-refractivity contribution is -0.142. The molecule has 0 radical (unpaired) electrons. The van der Waals surface area contributed by atoms with Crippen LogP contribution >= 0.6 is 12.6 Å². The molecule has 0 aliphatic rings. The minimum absolute atomic E-state index is 0.0103. The molecule has 16 heteroatoms. The normalized spacial score (nSPS) is 14.0. The van der Waals surface area contributed by atoms with E-state index in [9.17, 15) is 24.3 Å². The van der Waals surface area contributed by atoms with E-state index in [4.69, 9.17) is 28.7 Å². The third-order valence-electron chi connectivity index (χ3n) is 5.02. The summed E-state index contributed by atoms with van der Waals surface area (Å²) in [6, 6.07) is -4.23. The van der Waals surface area contributed by atoms with Gasteiger partial charge >= 0.3 is 5.97 Å². The van der Waals surface area contributed by atoms with Crippen molar-refractivity contribution >= 4 is 48.2 Å². The average molecular weight is 547 g/mol. The van der Waals surface area contributed by atoms with Gasteiger partial charge in [-0.25, -0.2) is 4.79 Å². The molecule has 0 saturated heterocycles. The van der Waals surface area contributed by atoms with Gasteiger partial charge in [0.1, 0.15) is 18.1 Å². The summed E-state index contributed by atoms with van der Waals surface area (Å²) in [6.45, 7) is 4.19. The number of hydrogen-bond acceptors (Lipinski definition) is 8. The summed E-state index contributed by atoms with van der Waals surface area (Å²) in [4.78, 5) is 57.4. The van der Waals surface area contributed by atoms with Gasteiger partial charge in [0.2, 0.25) is 17.7 Å². The number of carbonyl (C=O) groups is 4. The molecule has 0 spiro atoms. The molecule has 0 rings (SSSR count). The molecule has 0 heterocycles. The molecule has 0 bridgehead atoms. The van der Waals surface area contributed by atoms with Crippen LogP contribution in [0.5, 0.6) is 0 Å². The predicted molar refractivity (Wildman–Crippen MR) is 145 cm³/mol. The lowest BCUT2D eigenvalue weighted by Crippen LogP contribution is -2.57. The van der Waals surface area contributed by atoms with E-state index in [1.165, 1.54) is 0 Å². The number of thiol groups is 1. The van der Waals surface area contributed by atoms with E-state index in [2.05, 4.69) is 38.6 Å². The maximum Gasteiger partial charge on any atom is 0.326 e. The Morgan fingerprint density at radius 2 is 1.24 bits per heavy atom. The average Bonchev–Trinajstić information content (AvgIpc) is 2.80. The largest absolute Gasteiger partial charge is 0.480 e. The second kappa shape index (κ2) is 18.0. The molecule has 0 saturated carbocycles. The molecule has 0 aromatic carbocycles. The molecule has 212 valence electrons. The van der Waals surface area contributed by atoms with Gasteiger partial charge in [-0.15, -0.1) is 0 Å². The van der Waals surface area contributed by atoms with Crippen molar-refractivity contribution in [1.82, 2.24) is 16.0 Å². The number of rotatable bonds is 18. The van der Waals surface area contributed by atoms with Crippen molar-refractivity contribution in [3.63, 3.8) is 0 Å². The number of guanidine groups is 2. The zero-order chi connectivity index (χ0) is 28.5. The number of aliphatic imine (C=N–C) groups is 2. The number of nitrogens with two attached hydrogens (primary N) is 5. The van der Waals surface area contributed by atoms with Crippen LogP contribution in [0.4, 0.5) is 0 Å². The van der Waals surface area contributed by atoms with E-state index < -0.39 is 47.9 Å². The SMILES string of the molecule is CC(C)CC(NC(=O)C(CS)NC(=O)C(N)CCCN=C(N)N)C(=O)NC(CCCN=C(N)N)C(=O)O. The number of carboxylic acids is 1. The third kappa shape index (κ3) is 15.4. The Hall–Kier alpha value is -3.27. The zero-order valence-corrected chi connectivity index (χ0v) is 22.2. The number of amides is 3. The number of nitrogens with zero attached hydrogens (tertiary/aromatic N) is 2. The second-order valence-electron chi connectivity index (χ2n) is 8.84. The molecular weight excluding hydrogens is 504 g/mol. The summed E-state index contributed by atoms with van der Waals surface area (Å²) in [5, 5.41) is 17.0. The number of nitrogens with one attached hydrogen (secondary N) is 3. The summed E-state index contributed by atoms with van der Waals surface area (Å²) in [5.41, 5.74) is 26.9. The highest BCUT2D eigenvalue weighted by Crippen LogP contribution is 2.08. The molecule has 37 heavy (non-hydrogen) atoms. The first-order chi connectivity index (χ1) is 17.3. The fourth-order valence-corrected chi connectivity index (χ4v) is 3.39. The first kappa shape index (κ1) is 33.7. The van der Waals surface area contributed by atoms with Crippen molar-refractivity contribution in [2.24, 2.45) is 44.6 Å². The van der Waals surface area contributed by atoms with Crippen LogP contribution in [0, 0.1) is 5.92 Å². The minimum Gasteiger partial charge on any atom is -0.480 e. The van der Waals surface area contributed by atoms with Crippen LogP contribution in [0.1, 0.15) is 46.0 Å². The van der Waals surface area contributed by atoms with Crippen molar-refractivity contribution in [3.05, 3.63) is 0 Å². The maximum atomic E-state index is 12.9. The van der Waals surface area contributed by atoms with Gasteiger partial charge in [-0.2, -0.15) is 12.6 Å². The summed E-state index contributed by atoms with van der Waals surface area (Å²) in [6.07, 6.45) is 1.36. The van der Waals surface area contributed by atoms with Gasteiger partial charge < -0.3 is 49.7 Å². The maximum absolute atomic E-state index is 12.9. The highest BCUT2D eigenvalue weighted by molar-refractivity contribution is 7.80. The van der Waals surface area contributed by atoms with Crippen LogP contribution < -0.4 is 44.6 Å². The summed E-state index contributed by atoms with van der Waals surface area (Å²) in [5.74, 6) is -3.38. The van der Waals surface area contributed by atoms with E-state index in [1.807, 2.05) is 13.8 Å². The molecule has 0 fully saturated rings. The van der Waals surface area contributed by atoms with Crippen LogP contribution in [0.2, 0.25) is 0 Å². The minimum atomic E-state index is -1.23. The van der Waals surface area contributed by atoms with Gasteiger partial charge in [0.15, 0.2) is 11.9 Å². The van der Waals surface area contributed by atoms with Crippen LogP contribution in [0.3, 0.4) is 0 Å². The lowest BCUT2D eigenvalue weighted by Gasteiger charge is -2.25. The van der Waals surface area contributed by atoms with Crippen molar-refractivity contribution < 1.29 is 24.3 Å². The third-order valence-corrected chi connectivity index (χ3v) is 5.39. The second-order valence-corrected chi connectivity index (χ2v) is 9.20. The lowest BCUT2D eigenvalue weighted by atomic mass is 10.0. The van der Waals surface area contributed by atoms with Gasteiger partial charge in [0.25, 0.3) is 0 Å². The number of aliphatic carboxylic acids is 1. The Morgan fingerprint density at radius 3 is 1.70 bits per heavy atom. The monoisotopic (exact) mass is 546 g/mol. The standard InChI is InChI=1S/C21H42N10O5S/c1-11(2)9-14(17(33)29-13(19(35)36)6-4-8-28-21(25)26)30-18(34)15(10-37)31-16(32)12(22)5-3-7-27-20(23)24/h11-15,37H,3-10,22H2,1-2H3,(H,29,33)(H,30,34)(H,31,32)(H,35,36)(H4,23,24,27)(H4,25,26,28). The van der Waals surface area contributed by atoms with Gasteiger partial charge in [0.05, 0.1) is 6.04 Å². The number of carboxylic acid groups (broad SMARTS) is 1. The van der Waals surface area contributed by atoms with Crippen molar-refractivity contribution in [1.29, 1.82) is 0 Å². The molecular formula is C21H42N10O5S. The Labute approximate surface area is 222 Å². The van der Waals surface area contributed by atoms with Crippen molar-refractivity contribution in [2.45, 2.75) is 70.1 Å². The van der Waals surface area contributed by atoms with Gasteiger partial charge in [-0.1, -0.05) is 13.8 Å². The summed E-state index contributed by atoms with van der Waals surface area (Å²) < 4.78 is 0. The van der Waals surface area contributed by atoms with E-state index in [1.54, 1.807) is 0 Å². The fraction of sp³-hybridized carbons (Fsp3) is 0.714. The Bertz CT molecular complexity index is 816. The van der Waals surface area contributed by atoms with Crippen LogP contribution in [-0.4, -0.2) is 83.7 Å². The summed E-state index contributed by atoms with van der Waals surface area (Å²) >= 11 is 4.13. The Morgan fingerprint density at radius 1 is 0.784 bits per heavy atom. The number of carbonyl (C=O) groups excluding carboxylic acids is 3. The first-order valence-electron chi connectivity index (χ1n) is 11.9. The molecule has 4 unspecified atom stereocenters. The van der Waals surface area contributed by atoms with Gasteiger partial charge in [0, 0.05) is 18.8 Å². The van der Waals surface area contributed by atoms with E-state index >= 15 is 0 Å². The van der Waals surface area contributed by atoms with E-state index in [0.717, 1.165) is 0 Å². The van der Waals surface area contributed by atoms with Crippen molar-refractivity contribution in [3.8, 4) is 0 Å². The molecule has 14 N–H and O–H groups in total. The topological polar surface area (TPSA) is 279 Å². The molecule has 0 aromatic rings. The Kier molecular flexibility index (Phi) is 16.5. The zero-order valence-electron chi connectivity index (χ0n) is 21.4. The smallest absolute Gasteiger partial charge is 0.326 e. The highest BCUT2D eigenvalue weighted by atomic mass is 32.1. The first-order valence-corrected chi connectivity index (χ1v) is 12.5. The predicted octanol–water partition coefficient (Wildman–Crippen LogP) is -3.06. The van der Waals surface area contributed by atoms with Crippen molar-refractivity contribution in [2.75, 3.05) is 18.8 Å². The van der Waals surface area contributed by atoms with Crippen LogP contribution in [-0.2, 0) is 19.2 Å². The Balaban J connectivity index is 5.16. The molecule has 15 nitrogen and oxygen atoms in total. The molecule has 0 aliphatic carbocycles. The van der Waals surface area contributed by atoms with E-state index in [0.29, 0.717) is 19.4 Å². The molecule has 0 aromatic heterocycles. The van der Waals surface area contributed by atoms with Gasteiger partial charge in [-0.05, 0) is 38.0 Å². The van der Waals surface area contributed by atoms with Crippen LogP contribution in [0.25, 0.3) is 0 Å².